The van der Waals surface area contributed by atoms with Crippen molar-refractivity contribution in [2.75, 3.05) is 32.7 Å². The van der Waals surface area contributed by atoms with E-state index in [1.165, 1.54) is 16.9 Å². The zero-order valence-corrected chi connectivity index (χ0v) is 19.7. The Morgan fingerprint density at radius 2 is 1.85 bits per heavy atom. The van der Waals surface area contributed by atoms with E-state index < -0.39 is 12.1 Å². The highest BCUT2D eigenvalue weighted by Gasteiger charge is 2.41. The summed E-state index contributed by atoms with van der Waals surface area (Å²) in [6.45, 7) is 2.90. The summed E-state index contributed by atoms with van der Waals surface area (Å²) in [5.41, 5.74) is 2.65. The van der Waals surface area contributed by atoms with Crippen molar-refractivity contribution >= 4 is 40.4 Å². The normalized spacial score (nSPS) is 26.9. The summed E-state index contributed by atoms with van der Waals surface area (Å²) in [5, 5.41) is 0.898. The van der Waals surface area contributed by atoms with Gasteiger partial charge in [0, 0.05) is 32.6 Å². The Labute approximate surface area is 202 Å². The molecule has 34 heavy (non-hydrogen) atoms. The first-order valence-corrected chi connectivity index (χ1v) is 12.8. The molecule has 2 atom stereocenters. The molecular weight excluding hydrogens is 452 g/mol. The largest absolute Gasteiger partial charge is 0.448 e. The molecule has 4 aliphatic heterocycles. The first-order valence-electron chi connectivity index (χ1n) is 12.0. The van der Waals surface area contributed by atoms with Gasteiger partial charge < -0.3 is 9.64 Å². The number of carbonyl (C=O) groups is 3. The Morgan fingerprint density at radius 3 is 2.71 bits per heavy atom. The molecule has 9 heteroatoms. The number of ether oxygens (including phenoxy) is 1. The summed E-state index contributed by atoms with van der Waals surface area (Å²) >= 11 is 1.68. The number of piperazine rings is 1. The molecule has 0 N–H and O–H groups in total. The summed E-state index contributed by atoms with van der Waals surface area (Å²) < 4.78 is 5.44. The zero-order valence-electron chi connectivity index (χ0n) is 18.9. The Kier molecular flexibility index (Phi) is 5.61. The topological polar surface area (TPSA) is 91.6 Å². The molecule has 1 aromatic rings. The van der Waals surface area contributed by atoms with Crippen molar-refractivity contribution in [2.24, 2.45) is 15.9 Å². The SMILES string of the molecule is O=C1O[C@@H](C(=O)N2CCN(CC3=NC(=O)C4C(=N3)SC3=C4CCCC3)CC2)Cc2ccccc21. The number of amides is 2. The highest BCUT2D eigenvalue weighted by molar-refractivity contribution is 8.17. The number of nitrogens with zero attached hydrogens (tertiary/aromatic N) is 4. The molecule has 0 spiro atoms. The predicted octanol–water partition coefficient (Wildman–Crippen LogP) is 2.44. The van der Waals surface area contributed by atoms with Gasteiger partial charge in [0.15, 0.2) is 6.10 Å². The van der Waals surface area contributed by atoms with Crippen molar-refractivity contribution in [2.45, 2.75) is 38.2 Å². The van der Waals surface area contributed by atoms with Crippen molar-refractivity contribution in [1.29, 1.82) is 0 Å². The molecule has 1 saturated heterocycles. The van der Waals surface area contributed by atoms with Gasteiger partial charge in [-0.05, 0) is 47.8 Å². The lowest BCUT2D eigenvalue weighted by Crippen LogP contribution is -2.53. The van der Waals surface area contributed by atoms with Crippen LogP contribution >= 0.6 is 11.8 Å². The molecular formula is C25H26N4O4S. The molecule has 0 aromatic heterocycles. The summed E-state index contributed by atoms with van der Waals surface area (Å²) in [4.78, 5) is 52.5. The van der Waals surface area contributed by atoms with Crippen LogP contribution in [-0.2, 0) is 20.7 Å². The van der Waals surface area contributed by atoms with E-state index in [0.29, 0.717) is 50.5 Å². The average Bonchev–Trinajstić information content (AvgIpc) is 3.23. The number of rotatable bonds is 3. The second-order valence-corrected chi connectivity index (χ2v) is 10.5. The molecule has 8 nitrogen and oxygen atoms in total. The molecule has 1 fully saturated rings. The minimum absolute atomic E-state index is 0.0763. The van der Waals surface area contributed by atoms with Crippen molar-refractivity contribution in [3.8, 4) is 0 Å². The number of cyclic esters (lactones) is 1. The highest BCUT2D eigenvalue weighted by atomic mass is 32.2. The number of allylic oxidation sites excluding steroid dienone is 1. The van der Waals surface area contributed by atoms with Crippen LogP contribution in [0.25, 0.3) is 0 Å². The van der Waals surface area contributed by atoms with Crippen LogP contribution < -0.4 is 0 Å². The fourth-order valence-corrected chi connectivity index (χ4v) is 6.77. The smallest absolute Gasteiger partial charge is 0.339 e. The summed E-state index contributed by atoms with van der Waals surface area (Å²) in [6, 6.07) is 7.28. The van der Waals surface area contributed by atoms with Crippen LogP contribution in [0.1, 0.15) is 41.6 Å². The standard InChI is InChI=1S/C25H26N4O4S/c30-22-21-17-7-3-4-8-19(17)34-23(21)27-20(26-22)14-28-9-11-29(12-10-28)24(31)18-13-15-5-1-2-6-16(15)25(32)33-18/h1-2,5-6,18,21H,3-4,7-14H2/t18-,21?/m1/s1. The van der Waals surface area contributed by atoms with E-state index in [1.54, 1.807) is 28.8 Å². The third-order valence-electron chi connectivity index (χ3n) is 7.22. The van der Waals surface area contributed by atoms with Crippen LogP contribution in [0.2, 0.25) is 0 Å². The van der Waals surface area contributed by atoms with Crippen molar-refractivity contribution in [3.63, 3.8) is 0 Å². The Morgan fingerprint density at radius 1 is 1.06 bits per heavy atom. The maximum Gasteiger partial charge on any atom is 0.339 e. The summed E-state index contributed by atoms with van der Waals surface area (Å²) in [7, 11) is 0. The third-order valence-corrected chi connectivity index (χ3v) is 8.47. The molecule has 1 aromatic carbocycles. The Hall–Kier alpha value is -2.78. The van der Waals surface area contributed by atoms with E-state index in [2.05, 4.69) is 9.89 Å². The summed E-state index contributed by atoms with van der Waals surface area (Å²) in [6.07, 6.45) is 4.01. The van der Waals surface area contributed by atoms with Gasteiger partial charge >= 0.3 is 5.97 Å². The number of aliphatic imine (C=N–C) groups is 2. The first-order chi connectivity index (χ1) is 16.6. The Balaban J connectivity index is 1.05. The maximum absolute atomic E-state index is 13.0. The van der Waals surface area contributed by atoms with Crippen molar-refractivity contribution in [3.05, 3.63) is 45.9 Å². The second kappa shape index (κ2) is 8.78. The van der Waals surface area contributed by atoms with Crippen LogP contribution in [0.5, 0.6) is 0 Å². The number of hydrogen-bond donors (Lipinski definition) is 0. The molecule has 0 saturated carbocycles. The number of amidine groups is 1. The van der Waals surface area contributed by atoms with Crippen LogP contribution in [0.3, 0.4) is 0 Å². The Bertz CT molecular complexity index is 1170. The second-order valence-electron chi connectivity index (χ2n) is 9.36. The number of benzene rings is 1. The summed E-state index contributed by atoms with van der Waals surface area (Å²) in [5.74, 6) is -0.317. The van der Waals surface area contributed by atoms with E-state index in [9.17, 15) is 14.4 Å². The molecule has 5 aliphatic rings. The maximum atomic E-state index is 13.0. The monoisotopic (exact) mass is 478 g/mol. The minimum Gasteiger partial charge on any atom is -0.448 e. The van der Waals surface area contributed by atoms with Gasteiger partial charge in [0.1, 0.15) is 11.8 Å². The van der Waals surface area contributed by atoms with E-state index in [-0.39, 0.29) is 17.7 Å². The quantitative estimate of drug-likeness (QED) is 0.620. The number of carbonyl (C=O) groups excluding carboxylic acids is 3. The molecule has 1 aliphatic carbocycles. The molecule has 6 rings (SSSR count). The molecule has 4 heterocycles. The van der Waals surface area contributed by atoms with Gasteiger partial charge in [-0.3, -0.25) is 14.5 Å². The van der Waals surface area contributed by atoms with Crippen LogP contribution in [0.15, 0.2) is 44.7 Å². The number of fused-ring (bicyclic) bond motifs is 3. The van der Waals surface area contributed by atoms with Crippen LogP contribution in [-0.4, -0.2) is 77.3 Å². The molecule has 176 valence electrons. The zero-order chi connectivity index (χ0) is 23.2. The van der Waals surface area contributed by atoms with Gasteiger partial charge in [0.25, 0.3) is 11.8 Å². The van der Waals surface area contributed by atoms with Gasteiger partial charge in [-0.1, -0.05) is 30.0 Å². The third kappa shape index (κ3) is 3.90. The van der Waals surface area contributed by atoms with Gasteiger partial charge in [-0.15, -0.1) is 0 Å². The minimum atomic E-state index is -0.768. The fourth-order valence-electron chi connectivity index (χ4n) is 5.41. The van der Waals surface area contributed by atoms with E-state index in [0.717, 1.165) is 29.9 Å². The predicted molar refractivity (Wildman–Crippen MR) is 129 cm³/mol. The van der Waals surface area contributed by atoms with Crippen LogP contribution in [0, 0.1) is 5.92 Å². The van der Waals surface area contributed by atoms with Crippen LogP contribution in [0.4, 0.5) is 0 Å². The van der Waals surface area contributed by atoms with E-state index in [4.69, 9.17) is 9.73 Å². The number of thioether (sulfide) groups is 1. The number of hydrogen-bond acceptors (Lipinski definition) is 7. The molecule has 1 unspecified atom stereocenters. The van der Waals surface area contributed by atoms with Gasteiger partial charge in [-0.25, -0.2) is 9.79 Å². The van der Waals surface area contributed by atoms with Crippen molar-refractivity contribution in [1.82, 2.24) is 9.80 Å². The van der Waals surface area contributed by atoms with E-state index >= 15 is 0 Å². The molecule has 2 amide bonds. The highest BCUT2D eigenvalue weighted by Crippen LogP contribution is 2.47. The lowest BCUT2D eigenvalue weighted by Gasteiger charge is -2.37. The molecule has 0 radical (unpaired) electrons. The first kappa shape index (κ1) is 21.7. The molecule has 0 bridgehead atoms. The lowest BCUT2D eigenvalue weighted by atomic mass is 9.89. The van der Waals surface area contributed by atoms with Gasteiger partial charge in [0.2, 0.25) is 0 Å². The van der Waals surface area contributed by atoms with Gasteiger partial charge in [0.05, 0.1) is 17.2 Å². The van der Waals surface area contributed by atoms with Gasteiger partial charge in [-0.2, -0.15) is 4.99 Å². The number of esters is 1. The lowest BCUT2D eigenvalue weighted by molar-refractivity contribution is -0.142. The average molecular weight is 479 g/mol. The van der Waals surface area contributed by atoms with E-state index in [1.807, 2.05) is 12.1 Å². The van der Waals surface area contributed by atoms with Crippen molar-refractivity contribution < 1.29 is 19.1 Å². The fraction of sp³-hybridized carbons (Fsp3) is 0.480.